The number of hydrogen-bond acceptors (Lipinski definition) is 4. The van der Waals surface area contributed by atoms with Crippen LogP contribution < -0.4 is 5.32 Å². The van der Waals surface area contributed by atoms with Crippen molar-refractivity contribution in [1.29, 1.82) is 0 Å². The number of nitrogens with one attached hydrogen (secondary N) is 1. The van der Waals surface area contributed by atoms with Gasteiger partial charge in [-0.05, 0) is 40.2 Å². The second kappa shape index (κ2) is 5.75. The van der Waals surface area contributed by atoms with Crippen LogP contribution in [-0.4, -0.2) is 15.7 Å². The van der Waals surface area contributed by atoms with Gasteiger partial charge in [0.2, 0.25) is 5.89 Å². The molecule has 0 radical (unpaired) electrons. The van der Waals surface area contributed by atoms with Gasteiger partial charge in [0.25, 0.3) is 0 Å². The molecule has 4 heteroatoms. The SMILES string of the molecule is Cc1cc(C)cc(Cc2noc(CNC(C)(C)C)n2)c1. The summed E-state index contributed by atoms with van der Waals surface area (Å²) in [6, 6.07) is 6.49. The molecule has 1 aromatic heterocycles. The van der Waals surface area contributed by atoms with Gasteiger partial charge in [0.1, 0.15) is 0 Å². The summed E-state index contributed by atoms with van der Waals surface area (Å²) in [6.45, 7) is 11.1. The van der Waals surface area contributed by atoms with Gasteiger partial charge in [-0.25, -0.2) is 0 Å². The standard InChI is InChI=1S/C16H23N3O/c1-11-6-12(2)8-13(7-11)9-14-18-15(20-19-14)10-17-16(3,4)5/h6-8,17H,9-10H2,1-5H3. The fraction of sp³-hybridized carbons (Fsp3) is 0.500. The molecule has 20 heavy (non-hydrogen) atoms. The molecule has 0 spiro atoms. The quantitative estimate of drug-likeness (QED) is 0.929. The van der Waals surface area contributed by atoms with Crippen LogP contribution in [0.25, 0.3) is 0 Å². The van der Waals surface area contributed by atoms with Crippen LogP contribution >= 0.6 is 0 Å². The summed E-state index contributed by atoms with van der Waals surface area (Å²) < 4.78 is 5.27. The first-order valence-corrected chi connectivity index (χ1v) is 6.95. The smallest absolute Gasteiger partial charge is 0.240 e. The molecule has 0 bridgehead atoms. The number of aryl methyl sites for hydroxylation is 2. The number of nitrogens with zero attached hydrogens (tertiary/aromatic N) is 2. The minimum absolute atomic E-state index is 0.0439. The van der Waals surface area contributed by atoms with Crippen LogP contribution in [0.5, 0.6) is 0 Å². The van der Waals surface area contributed by atoms with E-state index in [4.69, 9.17) is 4.52 Å². The average molecular weight is 273 g/mol. The molecule has 0 saturated heterocycles. The Balaban J connectivity index is 2.02. The molecule has 0 unspecified atom stereocenters. The number of hydrogen-bond donors (Lipinski definition) is 1. The Hall–Kier alpha value is -1.68. The second-order valence-corrected chi connectivity index (χ2v) is 6.38. The largest absolute Gasteiger partial charge is 0.338 e. The van der Waals surface area contributed by atoms with Crippen molar-refractivity contribution >= 4 is 0 Å². The zero-order valence-electron chi connectivity index (χ0n) is 12.9. The lowest BCUT2D eigenvalue weighted by Gasteiger charge is -2.18. The molecular formula is C16H23N3O. The van der Waals surface area contributed by atoms with Crippen molar-refractivity contribution < 1.29 is 4.52 Å². The van der Waals surface area contributed by atoms with E-state index in [1.54, 1.807) is 0 Å². The second-order valence-electron chi connectivity index (χ2n) is 6.38. The lowest BCUT2D eigenvalue weighted by molar-refractivity contribution is 0.334. The molecule has 0 saturated carbocycles. The first-order valence-electron chi connectivity index (χ1n) is 6.95. The van der Waals surface area contributed by atoms with Gasteiger partial charge in [-0.1, -0.05) is 34.5 Å². The van der Waals surface area contributed by atoms with Gasteiger partial charge in [0.05, 0.1) is 6.54 Å². The Morgan fingerprint density at radius 3 is 2.35 bits per heavy atom. The maximum atomic E-state index is 5.27. The van der Waals surface area contributed by atoms with E-state index in [-0.39, 0.29) is 5.54 Å². The van der Waals surface area contributed by atoms with Gasteiger partial charge in [0, 0.05) is 12.0 Å². The van der Waals surface area contributed by atoms with E-state index in [1.165, 1.54) is 16.7 Å². The van der Waals surface area contributed by atoms with Crippen molar-refractivity contribution in [3.63, 3.8) is 0 Å². The van der Waals surface area contributed by atoms with Crippen LogP contribution in [0.15, 0.2) is 22.7 Å². The molecule has 0 fully saturated rings. The van der Waals surface area contributed by atoms with Crippen molar-refractivity contribution in [3.05, 3.63) is 46.6 Å². The van der Waals surface area contributed by atoms with E-state index >= 15 is 0 Å². The lowest BCUT2D eigenvalue weighted by atomic mass is 10.1. The zero-order valence-corrected chi connectivity index (χ0v) is 12.9. The van der Waals surface area contributed by atoms with Crippen LogP contribution in [0.4, 0.5) is 0 Å². The van der Waals surface area contributed by atoms with Crippen LogP contribution in [0, 0.1) is 13.8 Å². The van der Waals surface area contributed by atoms with E-state index in [2.05, 4.69) is 68.3 Å². The molecule has 1 N–H and O–H groups in total. The van der Waals surface area contributed by atoms with Crippen molar-refractivity contribution in [1.82, 2.24) is 15.5 Å². The number of rotatable bonds is 4. The molecule has 2 aromatic rings. The lowest BCUT2D eigenvalue weighted by Crippen LogP contribution is -2.35. The normalized spacial score (nSPS) is 11.8. The van der Waals surface area contributed by atoms with Gasteiger partial charge in [0.15, 0.2) is 5.82 Å². The topological polar surface area (TPSA) is 51.0 Å². The Morgan fingerprint density at radius 2 is 1.75 bits per heavy atom. The van der Waals surface area contributed by atoms with E-state index in [0.29, 0.717) is 18.9 Å². The van der Waals surface area contributed by atoms with E-state index < -0.39 is 0 Å². The fourth-order valence-electron chi connectivity index (χ4n) is 2.13. The van der Waals surface area contributed by atoms with Crippen LogP contribution in [-0.2, 0) is 13.0 Å². The van der Waals surface area contributed by atoms with Gasteiger partial charge < -0.3 is 9.84 Å². The van der Waals surface area contributed by atoms with Crippen LogP contribution in [0.1, 0.15) is 49.2 Å². The number of aromatic nitrogens is 2. The van der Waals surface area contributed by atoms with E-state index in [1.807, 2.05) is 0 Å². The van der Waals surface area contributed by atoms with Crippen LogP contribution in [0.3, 0.4) is 0 Å². The van der Waals surface area contributed by atoms with Crippen molar-refractivity contribution in [2.75, 3.05) is 0 Å². The van der Waals surface area contributed by atoms with Crippen LogP contribution in [0.2, 0.25) is 0 Å². The van der Waals surface area contributed by atoms with Gasteiger partial charge >= 0.3 is 0 Å². The predicted molar refractivity (Wildman–Crippen MR) is 79.6 cm³/mol. The van der Waals surface area contributed by atoms with Crippen molar-refractivity contribution in [3.8, 4) is 0 Å². The third-order valence-electron chi connectivity index (χ3n) is 2.92. The molecule has 0 amide bonds. The summed E-state index contributed by atoms with van der Waals surface area (Å²) >= 11 is 0. The molecule has 2 rings (SSSR count). The summed E-state index contributed by atoms with van der Waals surface area (Å²) in [6.07, 6.45) is 0.710. The predicted octanol–water partition coefficient (Wildman–Crippen LogP) is 3.17. The highest BCUT2D eigenvalue weighted by molar-refractivity contribution is 5.30. The Labute approximate surface area is 120 Å². The van der Waals surface area contributed by atoms with Gasteiger partial charge in [-0.2, -0.15) is 4.98 Å². The molecule has 1 aromatic carbocycles. The average Bonchev–Trinajstić information content (AvgIpc) is 2.72. The first kappa shape index (κ1) is 14.7. The van der Waals surface area contributed by atoms with Crippen molar-refractivity contribution in [2.45, 2.75) is 53.1 Å². The molecule has 4 nitrogen and oxygen atoms in total. The third kappa shape index (κ3) is 4.46. The maximum Gasteiger partial charge on any atom is 0.240 e. The molecule has 0 atom stereocenters. The summed E-state index contributed by atoms with van der Waals surface area (Å²) in [5.74, 6) is 1.38. The molecule has 108 valence electrons. The number of benzene rings is 1. The van der Waals surface area contributed by atoms with Gasteiger partial charge in [-0.15, -0.1) is 0 Å². The summed E-state index contributed by atoms with van der Waals surface area (Å²) in [4.78, 5) is 4.43. The Kier molecular flexibility index (Phi) is 4.23. The first-order chi connectivity index (χ1) is 9.32. The van der Waals surface area contributed by atoms with Crippen molar-refractivity contribution in [2.24, 2.45) is 0 Å². The highest BCUT2D eigenvalue weighted by atomic mass is 16.5. The monoisotopic (exact) mass is 273 g/mol. The molecule has 0 aliphatic heterocycles. The summed E-state index contributed by atoms with van der Waals surface area (Å²) in [5, 5.41) is 7.38. The molecule has 0 aliphatic rings. The minimum Gasteiger partial charge on any atom is -0.338 e. The molecular weight excluding hydrogens is 250 g/mol. The van der Waals surface area contributed by atoms with E-state index in [0.717, 1.165) is 5.82 Å². The summed E-state index contributed by atoms with van der Waals surface area (Å²) in [5.41, 5.74) is 3.79. The zero-order chi connectivity index (χ0) is 14.8. The molecule has 0 aliphatic carbocycles. The van der Waals surface area contributed by atoms with E-state index in [9.17, 15) is 0 Å². The maximum absolute atomic E-state index is 5.27. The highest BCUT2D eigenvalue weighted by Crippen LogP contribution is 2.12. The minimum atomic E-state index is 0.0439. The fourth-order valence-corrected chi connectivity index (χ4v) is 2.13. The third-order valence-corrected chi connectivity index (χ3v) is 2.92. The summed E-state index contributed by atoms with van der Waals surface area (Å²) in [7, 11) is 0. The molecule has 1 heterocycles. The Morgan fingerprint density at radius 1 is 1.10 bits per heavy atom. The van der Waals surface area contributed by atoms with Gasteiger partial charge in [-0.3, -0.25) is 0 Å². The highest BCUT2D eigenvalue weighted by Gasteiger charge is 2.12. The Bertz CT molecular complexity index is 561.